The minimum Gasteiger partial charge on any atom is -0.372 e. The van der Waals surface area contributed by atoms with Gasteiger partial charge in [0.05, 0.1) is 0 Å². The maximum atomic E-state index is 11.2. The number of nitrogens with two attached hydrogens (primary N) is 1. The Morgan fingerprint density at radius 2 is 1.71 bits per heavy atom. The number of carbonyl (C=O) groups is 1. The van der Waals surface area contributed by atoms with Gasteiger partial charge in [0.25, 0.3) is 5.91 Å². The van der Waals surface area contributed by atoms with Gasteiger partial charge in [0.1, 0.15) is 11.6 Å². The quantitative estimate of drug-likeness (QED) is 0.618. The van der Waals surface area contributed by atoms with E-state index in [2.05, 4.69) is 18.7 Å². The van der Waals surface area contributed by atoms with Crippen molar-refractivity contribution in [2.75, 3.05) is 18.0 Å². The van der Waals surface area contributed by atoms with Gasteiger partial charge in [-0.15, -0.1) is 0 Å². The highest BCUT2D eigenvalue weighted by molar-refractivity contribution is 6.03. The highest BCUT2D eigenvalue weighted by Gasteiger charge is 2.11. The summed E-state index contributed by atoms with van der Waals surface area (Å²) in [5, 5.41) is 8.99. The molecule has 0 aliphatic heterocycles. The smallest absolute Gasteiger partial charge is 0.259 e. The molecule has 0 saturated carbocycles. The fourth-order valence-corrected chi connectivity index (χ4v) is 2.30. The summed E-state index contributed by atoms with van der Waals surface area (Å²) in [5.74, 6) is -0.683. The Morgan fingerprint density at radius 1 is 1.19 bits per heavy atom. The zero-order valence-corrected chi connectivity index (χ0v) is 13.0. The minimum atomic E-state index is -0.683. The van der Waals surface area contributed by atoms with Crippen LogP contribution in [0.1, 0.15) is 39.2 Å². The molecule has 0 saturated heterocycles. The first kappa shape index (κ1) is 16.8. The third-order valence-corrected chi connectivity index (χ3v) is 3.39. The third kappa shape index (κ3) is 4.35. The van der Waals surface area contributed by atoms with E-state index in [9.17, 15) is 4.79 Å². The summed E-state index contributed by atoms with van der Waals surface area (Å²) in [7, 11) is 0. The number of benzene rings is 1. The summed E-state index contributed by atoms with van der Waals surface area (Å²) in [6, 6.07) is 9.80. The van der Waals surface area contributed by atoms with E-state index in [1.54, 1.807) is 6.92 Å². The molecule has 0 aliphatic rings. The van der Waals surface area contributed by atoms with Crippen molar-refractivity contribution in [3.8, 4) is 6.07 Å². The highest BCUT2D eigenvalue weighted by Crippen LogP contribution is 2.22. The summed E-state index contributed by atoms with van der Waals surface area (Å²) < 4.78 is 0. The van der Waals surface area contributed by atoms with Crippen LogP contribution in [0, 0.1) is 11.3 Å². The molecular formula is C17H23N3O. The SMILES string of the molecule is CCCN(CCC)c1ccc(C(C)=C(C#N)C(N)=O)cc1. The lowest BCUT2D eigenvalue weighted by Crippen LogP contribution is -2.24. The second-order valence-electron chi connectivity index (χ2n) is 5.01. The first-order chi connectivity index (χ1) is 10.0. The van der Waals surface area contributed by atoms with Crippen LogP contribution in [0.2, 0.25) is 0 Å². The van der Waals surface area contributed by atoms with Crippen molar-refractivity contribution in [1.82, 2.24) is 0 Å². The molecule has 0 radical (unpaired) electrons. The minimum absolute atomic E-state index is 0.0155. The first-order valence-corrected chi connectivity index (χ1v) is 7.31. The van der Waals surface area contributed by atoms with Gasteiger partial charge >= 0.3 is 0 Å². The molecule has 0 bridgehead atoms. The van der Waals surface area contributed by atoms with Crippen molar-refractivity contribution in [2.24, 2.45) is 5.73 Å². The lowest BCUT2D eigenvalue weighted by molar-refractivity contribution is -0.114. The van der Waals surface area contributed by atoms with Gasteiger partial charge in [0, 0.05) is 18.8 Å². The van der Waals surface area contributed by atoms with E-state index in [1.807, 2.05) is 30.3 Å². The predicted octanol–water partition coefficient (Wildman–Crippen LogP) is 3.10. The maximum Gasteiger partial charge on any atom is 0.259 e. The van der Waals surface area contributed by atoms with Crippen LogP contribution in [0.3, 0.4) is 0 Å². The summed E-state index contributed by atoms with van der Waals surface area (Å²) in [6.07, 6.45) is 2.20. The molecule has 1 rings (SSSR count). The van der Waals surface area contributed by atoms with E-state index in [0.717, 1.165) is 37.2 Å². The molecule has 0 aliphatic carbocycles. The van der Waals surface area contributed by atoms with Gasteiger partial charge in [-0.05, 0) is 43.0 Å². The van der Waals surface area contributed by atoms with E-state index in [1.165, 1.54) is 0 Å². The van der Waals surface area contributed by atoms with Gasteiger partial charge in [-0.3, -0.25) is 4.79 Å². The van der Waals surface area contributed by atoms with Crippen LogP contribution in [0.15, 0.2) is 29.8 Å². The predicted molar refractivity (Wildman–Crippen MR) is 86.6 cm³/mol. The molecule has 21 heavy (non-hydrogen) atoms. The number of rotatable bonds is 7. The van der Waals surface area contributed by atoms with Crippen LogP contribution in [-0.2, 0) is 4.79 Å². The van der Waals surface area contributed by atoms with Crippen molar-refractivity contribution >= 4 is 17.2 Å². The molecule has 1 amide bonds. The fraction of sp³-hybridized carbons (Fsp3) is 0.412. The molecule has 1 aromatic carbocycles. The average molecular weight is 285 g/mol. The van der Waals surface area contributed by atoms with Gasteiger partial charge in [-0.2, -0.15) is 5.26 Å². The maximum absolute atomic E-state index is 11.2. The van der Waals surface area contributed by atoms with Crippen LogP contribution < -0.4 is 10.6 Å². The van der Waals surface area contributed by atoms with Crippen LogP contribution in [0.25, 0.3) is 5.57 Å². The van der Waals surface area contributed by atoms with Crippen molar-refractivity contribution in [1.29, 1.82) is 5.26 Å². The molecule has 1 aromatic rings. The number of anilines is 1. The zero-order valence-electron chi connectivity index (χ0n) is 13.0. The molecule has 0 aromatic heterocycles. The van der Waals surface area contributed by atoms with Crippen LogP contribution in [0.5, 0.6) is 0 Å². The number of nitriles is 1. The summed E-state index contributed by atoms with van der Waals surface area (Å²) in [6.45, 7) is 8.11. The van der Waals surface area contributed by atoms with Gasteiger partial charge < -0.3 is 10.6 Å². The van der Waals surface area contributed by atoms with Crippen LogP contribution >= 0.6 is 0 Å². The Morgan fingerprint density at radius 3 is 2.10 bits per heavy atom. The zero-order chi connectivity index (χ0) is 15.8. The van der Waals surface area contributed by atoms with Crippen molar-refractivity contribution in [2.45, 2.75) is 33.6 Å². The fourth-order valence-electron chi connectivity index (χ4n) is 2.30. The van der Waals surface area contributed by atoms with Crippen molar-refractivity contribution in [3.05, 3.63) is 35.4 Å². The van der Waals surface area contributed by atoms with E-state index in [4.69, 9.17) is 11.0 Å². The monoisotopic (exact) mass is 285 g/mol. The lowest BCUT2D eigenvalue weighted by atomic mass is 10.0. The van der Waals surface area contributed by atoms with Gasteiger partial charge in [0.2, 0.25) is 0 Å². The second kappa shape index (κ2) is 8.11. The third-order valence-electron chi connectivity index (χ3n) is 3.39. The number of nitrogens with zero attached hydrogens (tertiary/aromatic N) is 2. The number of hydrogen-bond acceptors (Lipinski definition) is 3. The van der Waals surface area contributed by atoms with Gasteiger partial charge in [-0.25, -0.2) is 0 Å². The Kier molecular flexibility index (Phi) is 6.48. The molecule has 0 fully saturated rings. The van der Waals surface area contributed by atoms with Gasteiger partial charge in [0.15, 0.2) is 0 Å². The number of primary amides is 1. The average Bonchev–Trinajstić information content (AvgIpc) is 2.47. The molecule has 4 heteroatoms. The number of amides is 1. The molecule has 4 nitrogen and oxygen atoms in total. The summed E-state index contributed by atoms with van der Waals surface area (Å²) in [5.41, 5.74) is 7.86. The second-order valence-corrected chi connectivity index (χ2v) is 5.01. The molecule has 2 N–H and O–H groups in total. The highest BCUT2D eigenvalue weighted by atomic mass is 16.1. The summed E-state index contributed by atoms with van der Waals surface area (Å²) in [4.78, 5) is 13.6. The number of allylic oxidation sites excluding steroid dienone is 1. The molecule has 0 heterocycles. The lowest BCUT2D eigenvalue weighted by Gasteiger charge is -2.24. The number of carbonyl (C=O) groups excluding carboxylic acids is 1. The van der Waals surface area contributed by atoms with E-state index >= 15 is 0 Å². The molecule has 0 spiro atoms. The first-order valence-electron chi connectivity index (χ1n) is 7.31. The standard InChI is InChI=1S/C17H23N3O/c1-4-10-20(11-5-2)15-8-6-14(7-9-15)13(3)16(12-18)17(19)21/h6-9H,4-5,10-11H2,1-3H3,(H2,19,21). The molecule has 0 unspecified atom stereocenters. The Bertz CT molecular complexity index is 546. The Labute approximate surface area is 126 Å². The van der Waals surface area contributed by atoms with E-state index < -0.39 is 5.91 Å². The Hall–Kier alpha value is -2.28. The molecule has 112 valence electrons. The van der Waals surface area contributed by atoms with E-state index in [-0.39, 0.29) is 5.57 Å². The van der Waals surface area contributed by atoms with Crippen molar-refractivity contribution in [3.63, 3.8) is 0 Å². The number of hydrogen-bond donors (Lipinski definition) is 1. The van der Waals surface area contributed by atoms with Crippen LogP contribution in [-0.4, -0.2) is 19.0 Å². The normalized spacial score (nSPS) is 11.5. The summed E-state index contributed by atoms with van der Waals surface area (Å²) >= 11 is 0. The van der Waals surface area contributed by atoms with Crippen molar-refractivity contribution < 1.29 is 4.79 Å². The van der Waals surface area contributed by atoms with Crippen LogP contribution in [0.4, 0.5) is 5.69 Å². The topological polar surface area (TPSA) is 70.1 Å². The van der Waals surface area contributed by atoms with E-state index in [0.29, 0.717) is 5.57 Å². The Balaban J connectivity index is 3.07. The molecule has 0 atom stereocenters. The van der Waals surface area contributed by atoms with Gasteiger partial charge in [-0.1, -0.05) is 26.0 Å². The largest absolute Gasteiger partial charge is 0.372 e. The molecular weight excluding hydrogens is 262 g/mol.